The molecule has 4 N–H and O–H groups in total. The first kappa shape index (κ1) is 61.9. The van der Waals surface area contributed by atoms with E-state index in [-0.39, 0.29) is 48.5 Å². The van der Waals surface area contributed by atoms with Gasteiger partial charge >= 0.3 is 7.12 Å². The predicted molar refractivity (Wildman–Crippen MR) is 305 cm³/mol. The highest BCUT2D eigenvalue weighted by Gasteiger charge is 2.52. The molecule has 5 aromatic carbocycles. The molecule has 6 aliphatic rings. The number of Topliss-reactive ketones (excluding diaryl/α,β-unsaturated/α-hetero) is 1. The molecule has 4 atom stereocenters. The Morgan fingerprint density at radius 3 is 1.17 bits per heavy atom. The molecular weight excluding hydrogens is 1020 g/mol. The Bertz CT molecular complexity index is 2370. The number of benzene rings is 5. The van der Waals surface area contributed by atoms with Gasteiger partial charge in [-0.05, 0) is 164 Å². The molecule has 0 aromatic heterocycles. The average Bonchev–Trinajstić information content (AvgIpc) is 4.27. The molecule has 1 fully saturated rings. The van der Waals surface area contributed by atoms with E-state index in [1.54, 1.807) is 0 Å². The number of hydrogen-bond acceptors (Lipinski definition) is 7. The van der Waals surface area contributed by atoms with E-state index < -0.39 is 0 Å². The standard InChI is InChI=1S/C18H18O2.C15H21BO3.C9H9BrO.C9H7BrO.5C2H6/c19-17-9-7-13-11(3-1-5-15(13)17)12-4-2-6-16-14(12)8-10-18(16)20;1-14(2)15(3,4)19-16(18-14)12-7-5-6-11-10(12)8-9-13(11)17;2*10-8-3-1-2-7-6(8)4-5-9(7)11;5*1-2/h1-6,17-20H,7-10H2;5-7,13,17H,8-9H2,1-4H3;1-3,9,11H,4-5H2;1-3H,4-5H2;5*1-2H3. The highest BCUT2D eigenvalue weighted by molar-refractivity contribution is 9.10. The molecule has 0 amide bonds. The summed E-state index contributed by atoms with van der Waals surface area (Å²) < 4.78 is 14.4. The minimum absolute atomic E-state index is 0.234. The largest absolute Gasteiger partial charge is 0.495 e. The van der Waals surface area contributed by atoms with Gasteiger partial charge in [0.15, 0.2) is 5.78 Å². The lowest BCUT2D eigenvalue weighted by Gasteiger charge is -2.32. The van der Waals surface area contributed by atoms with E-state index in [0.29, 0.717) is 6.42 Å². The van der Waals surface area contributed by atoms with E-state index >= 15 is 0 Å². The fourth-order valence-corrected chi connectivity index (χ4v) is 10.8. The zero-order chi connectivity index (χ0) is 53.2. The van der Waals surface area contributed by atoms with Crippen LogP contribution >= 0.6 is 31.9 Å². The summed E-state index contributed by atoms with van der Waals surface area (Å²) in [6.07, 6.45) is 7.48. The van der Waals surface area contributed by atoms with Crippen LogP contribution in [0.2, 0.25) is 0 Å². The van der Waals surface area contributed by atoms with Gasteiger partial charge in [0.05, 0.1) is 35.6 Å². The molecule has 5 aliphatic carbocycles. The Labute approximate surface area is 445 Å². The third-order valence-electron chi connectivity index (χ3n) is 13.8. The van der Waals surface area contributed by atoms with Crippen LogP contribution in [0.25, 0.3) is 11.1 Å². The second kappa shape index (κ2) is 29.4. The number of aliphatic hydroxyl groups excluding tert-OH is 4. The Morgan fingerprint density at radius 1 is 0.423 bits per heavy atom. The van der Waals surface area contributed by atoms with Crippen molar-refractivity contribution in [2.24, 2.45) is 0 Å². The normalized spacial score (nSPS) is 20.2. The zero-order valence-corrected chi connectivity index (χ0v) is 48.6. The summed E-state index contributed by atoms with van der Waals surface area (Å²) in [6.45, 7) is 28.2. The fourth-order valence-electron chi connectivity index (χ4n) is 9.66. The summed E-state index contributed by atoms with van der Waals surface area (Å²) >= 11 is 6.89. The molecule has 388 valence electrons. The van der Waals surface area contributed by atoms with Crippen LogP contribution in [0.4, 0.5) is 0 Å². The maximum atomic E-state index is 11.2. The van der Waals surface area contributed by atoms with Gasteiger partial charge in [0.1, 0.15) is 0 Å². The number of halogens is 2. The first-order chi connectivity index (χ1) is 34.1. The van der Waals surface area contributed by atoms with Crippen molar-refractivity contribution in [1.82, 2.24) is 0 Å². The summed E-state index contributed by atoms with van der Waals surface area (Å²) in [5.41, 5.74) is 14.3. The van der Waals surface area contributed by atoms with Crippen molar-refractivity contribution < 1.29 is 34.5 Å². The molecule has 0 saturated carbocycles. The molecule has 71 heavy (non-hydrogen) atoms. The Balaban J connectivity index is 0.000000242. The minimum atomic E-state index is -0.336. The van der Waals surface area contributed by atoms with Crippen LogP contribution in [0.3, 0.4) is 0 Å². The smallest absolute Gasteiger partial charge is 0.399 e. The Morgan fingerprint density at radius 2 is 0.746 bits per heavy atom. The second-order valence-corrected chi connectivity index (χ2v) is 19.7. The van der Waals surface area contributed by atoms with Crippen LogP contribution in [0.1, 0.15) is 214 Å². The summed E-state index contributed by atoms with van der Waals surface area (Å²) in [5, 5.41) is 39.6. The number of carbonyl (C=O) groups excluding carboxylic acids is 1. The average molecular weight is 1100 g/mol. The van der Waals surface area contributed by atoms with Gasteiger partial charge in [0.2, 0.25) is 0 Å². The van der Waals surface area contributed by atoms with E-state index in [1.807, 2.05) is 142 Å². The molecule has 0 bridgehead atoms. The number of fused-ring (bicyclic) bond motifs is 5. The molecule has 1 heterocycles. The molecule has 4 unspecified atom stereocenters. The van der Waals surface area contributed by atoms with Crippen LogP contribution in [0, 0.1) is 0 Å². The molecular formula is C61H85BBr2O7. The van der Waals surface area contributed by atoms with E-state index in [2.05, 4.69) is 77.8 Å². The molecule has 0 spiro atoms. The van der Waals surface area contributed by atoms with Crippen molar-refractivity contribution in [2.45, 2.75) is 197 Å². The van der Waals surface area contributed by atoms with Crippen molar-refractivity contribution in [3.8, 4) is 11.1 Å². The van der Waals surface area contributed by atoms with Crippen LogP contribution in [0.5, 0.6) is 0 Å². The van der Waals surface area contributed by atoms with Crippen LogP contribution in [-0.2, 0) is 41.4 Å². The fraction of sp³-hybridized carbons (Fsp3) is 0.492. The molecule has 10 heteroatoms. The number of carbonyl (C=O) groups is 1. The summed E-state index contributed by atoms with van der Waals surface area (Å²) in [4.78, 5) is 11.2. The topological polar surface area (TPSA) is 116 Å². The maximum Gasteiger partial charge on any atom is 0.495 e. The first-order valence-electron chi connectivity index (χ1n) is 26.7. The minimum Gasteiger partial charge on any atom is -0.399 e. The monoisotopic (exact) mass is 1100 g/mol. The lowest BCUT2D eigenvalue weighted by atomic mass is 9.75. The summed E-state index contributed by atoms with van der Waals surface area (Å²) in [7, 11) is -0.328. The van der Waals surface area contributed by atoms with Crippen molar-refractivity contribution in [3.63, 3.8) is 0 Å². The molecule has 5 aromatic rings. The summed E-state index contributed by atoms with van der Waals surface area (Å²) in [5.74, 6) is 0.279. The molecule has 11 rings (SSSR count). The SMILES string of the molecule is CC.CC.CC.CC.CC.CC1(C)OB(c2cccc3c2CCC3O)OC1(C)C.O=C1CCc2c(Br)cccc21.OC1CCc2c(-c3cccc4c3CCC4O)cccc21.OC1CCc2c(Br)cccc21. The summed E-state index contributed by atoms with van der Waals surface area (Å²) in [6, 6.07) is 30.3. The maximum absolute atomic E-state index is 11.2. The quantitative estimate of drug-likeness (QED) is 0.130. The van der Waals surface area contributed by atoms with Crippen molar-refractivity contribution in [3.05, 3.63) is 156 Å². The van der Waals surface area contributed by atoms with Crippen molar-refractivity contribution in [1.29, 1.82) is 0 Å². The van der Waals surface area contributed by atoms with E-state index in [4.69, 9.17) is 9.31 Å². The number of rotatable bonds is 2. The van der Waals surface area contributed by atoms with Crippen LogP contribution < -0.4 is 5.46 Å². The van der Waals surface area contributed by atoms with Gasteiger partial charge in [-0.3, -0.25) is 4.79 Å². The van der Waals surface area contributed by atoms with Gasteiger partial charge in [-0.15, -0.1) is 0 Å². The first-order valence-corrected chi connectivity index (χ1v) is 28.2. The lowest BCUT2D eigenvalue weighted by Crippen LogP contribution is -2.41. The Hall–Kier alpha value is -3.45. The van der Waals surface area contributed by atoms with Crippen LogP contribution in [0.15, 0.2) is 99.9 Å². The molecule has 7 nitrogen and oxygen atoms in total. The van der Waals surface area contributed by atoms with Gasteiger partial charge < -0.3 is 29.7 Å². The number of aliphatic hydroxyl groups is 4. The highest BCUT2D eigenvalue weighted by Crippen LogP contribution is 2.43. The number of ketones is 1. The lowest BCUT2D eigenvalue weighted by molar-refractivity contribution is 0.00578. The third-order valence-corrected chi connectivity index (χ3v) is 15.2. The van der Waals surface area contributed by atoms with Crippen molar-refractivity contribution >= 4 is 50.2 Å². The van der Waals surface area contributed by atoms with E-state index in [1.165, 1.54) is 38.9 Å². The molecule has 1 aliphatic heterocycles. The van der Waals surface area contributed by atoms with Crippen molar-refractivity contribution in [2.75, 3.05) is 0 Å². The van der Waals surface area contributed by atoms with Gasteiger partial charge in [-0.2, -0.15) is 0 Å². The van der Waals surface area contributed by atoms with Gasteiger partial charge in [-0.1, -0.05) is 180 Å². The van der Waals surface area contributed by atoms with Crippen LogP contribution in [-0.4, -0.2) is 44.5 Å². The predicted octanol–water partition coefficient (Wildman–Crippen LogP) is 15.4. The van der Waals surface area contributed by atoms with Gasteiger partial charge in [-0.25, -0.2) is 0 Å². The van der Waals surface area contributed by atoms with E-state index in [9.17, 15) is 25.2 Å². The third kappa shape index (κ3) is 14.4. The zero-order valence-electron chi connectivity index (χ0n) is 45.4. The Kier molecular flexibility index (Phi) is 25.7. The van der Waals surface area contributed by atoms with Gasteiger partial charge in [0.25, 0.3) is 0 Å². The number of hydrogen-bond donors (Lipinski definition) is 4. The molecule has 1 saturated heterocycles. The second-order valence-electron chi connectivity index (χ2n) is 18.0. The van der Waals surface area contributed by atoms with E-state index in [0.717, 1.165) is 100 Å². The highest BCUT2D eigenvalue weighted by atomic mass is 79.9. The molecule has 0 radical (unpaired) electrons. The van der Waals surface area contributed by atoms with Gasteiger partial charge in [0, 0.05) is 20.9 Å².